The first kappa shape index (κ1) is 46.9. The van der Waals surface area contributed by atoms with Crippen molar-refractivity contribution in [2.75, 3.05) is 0 Å². The van der Waals surface area contributed by atoms with E-state index >= 15 is 0 Å². The SMILES string of the molecule is [2H]C([2H])([2H])c1ccc(-c2c(C([2H])([2H])[2H])ccc3c2Sc2ccccc2C(C)(C)C3(C)C)cc1-c1cc(-c2c(C([2H])([2H])C)ccc3c2oc2nc4ccccc4n23)ccc1C([2H])([2H])[2H].[2H]C([2H])([2H])c1ccc(-c2c(C([2H])([2H])[2H])ccc3c2Sc2ccccc2C(C)(C)C3(C)C)cc1-c1cc(-c2c(C([2H])([2H])C)ccc3c2sc2nc4ccccc4n23)ccc1C([2H])([2H])[2H]. The van der Waals surface area contributed by atoms with Crippen molar-refractivity contribution < 1.29 is 34.6 Å². The molecule has 0 fully saturated rings. The number of nitrogens with zero attached hydrogens (tertiary/aromatic N) is 4. The number of aryl methyl sites for hydroxylation is 8. The number of oxazole rings is 1. The average Bonchev–Trinajstić information content (AvgIpc) is 1.42. The molecule has 8 heteroatoms. The number of thiazole rings is 1. The van der Waals surface area contributed by atoms with Crippen molar-refractivity contribution in [2.45, 2.75) is 164 Å². The van der Waals surface area contributed by atoms with E-state index in [0.29, 0.717) is 71.6 Å². The van der Waals surface area contributed by atoms with Crippen molar-refractivity contribution in [3.8, 4) is 66.8 Å². The normalized spacial score (nSPS) is 19.0. The molecule has 0 aliphatic carbocycles. The zero-order chi connectivity index (χ0) is 90.8. The number of hydrogen-bond donors (Lipinski definition) is 0. The van der Waals surface area contributed by atoms with Gasteiger partial charge in [0.1, 0.15) is 0 Å². The van der Waals surface area contributed by atoms with Gasteiger partial charge in [0.2, 0.25) is 0 Å². The molecule has 12 aromatic carbocycles. The lowest BCUT2D eigenvalue weighted by molar-refractivity contribution is 0.296. The van der Waals surface area contributed by atoms with Gasteiger partial charge in [-0.05, 0) is 271 Å². The maximum absolute atomic E-state index is 8.96. The Hall–Kier alpha value is -9.70. The van der Waals surface area contributed by atoms with E-state index in [0.717, 1.165) is 68.6 Å². The fourth-order valence-corrected chi connectivity index (χ4v) is 20.2. The predicted molar refractivity (Wildman–Crippen MR) is 444 cm³/mol. The van der Waals surface area contributed by atoms with Crippen LogP contribution in [0.2, 0.25) is 0 Å². The molecule has 0 unspecified atom stereocenters. The predicted octanol–water partition coefficient (Wildman–Crippen LogP) is 27.4. The average molecular weight is 1430 g/mol. The van der Waals surface area contributed by atoms with Crippen molar-refractivity contribution in [1.29, 1.82) is 0 Å². The second kappa shape index (κ2) is 25.0. The maximum Gasteiger partial charge on any atom is 0.307 e. The van der Waals surface area contributed by atoms with Gasteiger partial charge in [-0.3, -0.25) is 8.80 Å². The summed E-state index contributed by atoms with van der Waals surface area (Å²) >= 11 is 4.38. The summed E-state index contributed by atoms with van der Waals surface area (Å²) in [6, 6.07) is 64.6. The zero-order valence-corrected chi connectivity index (χ0v) is 61.7. The van der Waals surface area contributed by atoms with E-state index in [4.69, 9.17) is 39.6 Å². The summed E-state index contributed by atoms with van der Waals surface area (Å²) in [6.07, 6.45) is -3.73. The minimum absolute atomic E-state index is 0.0796. The Balaban J connectivity index is 0.000000178. The highest BCUT2D eigenvalue weighted by Gasteiger charge is 2.47. The summed E-state index contributed by atoms with van der Waals surface area (Å²) in [5.41, 5.74) is 11.5. The third-order valence-electron chi connectivity index (χ3n) is 22.9. The lowest BCUT2D eigenvalue weighted by Crippen LogP contribution is -2.40. The molecule has 516 valence electrons. The van der Waals surface area contributed by atoms with Crippen LogP contribution in [0.5, 0.6) is 0 Å². The number of hydrogen-bond acceptors (Lipinski definition) is 6. The van der Waals surface area contributed by atoms with Crippen LogP contribution in [0.25, 0.3) is 121 Å². The number of para-hydroxylation sites is 4. The van der Waals surface area contributed by atoms with Gasteiger partial charge < -0.3 is 4.42 Å². The van der Waals surface area contributed by atoms with Crippen molar-refractivity contribution >= 4 is 89.0 Å². The van der Waals surface area contributed by atoms with E-state index < -0.39 is 70.1 Å². The largest absolute Gasteiger partial charge is 0.422 e. The van der Waals surface area contributed by atoms with Gasteiger partial charge in [0.25, 0.3) is 0 Å². The maximum atomic E-state index is 8.96. The van der Waals surface area contributed by atoms with Crippen LogP contribution in [0.4, 0.5) is 0 Å². The highest BCUT2D eigenvalue weighted by molar-refractivity contribution is 8.00. The molecule has 0 atom stereocenters. The minimum Gasteiger partial charge on any atom is -0.422 e. The Morgan fingerprint density at radius 1 is 0.375 bits per heavy atom. The van der Waals surface area contributed by atoms with Gasteiger partial charge >= 0.3 is 5.84 Å². The first-order valence-corrected chi connectivity index (χ1v) is 37.2. The third kappa shape index (κ3) is 10.4. The highest BCUT2D eigenvalue weighted by Crippen LogP contribution is 2.59. The molecule has 0 spiro atoms. The van der Waals surface area contributed by atoms with E-state index in [1.54, 1.807) is 78.9 Å². The highest BCUT2D eigenvalue weighted by atomic mass is 32.2. The molecule has 4 aromatic heterocycles. The molecule has 2 aliphatic rings. The van der Waals surface area contributed by atoms with Crippen LogP contribution in [0.3, 0.4) is 0 Å². The standard InChI is InChI=1S/C48H44N2OS.C48H44N2S2/c1-9-31-23-25-40-44(51-46-49-38-15-11-12-16-39(38)50(40)46)43(31)33-22-19-29(3)35(27-33)34-26-32(21-18-28(34)2)42-30(4)20-24-37-45(42)52-41-17-13-10-14-36(41)47(5,6)48(37,7)8;1-9-31-23-25-40-45(52-46-49-38-15-11-12-16-39(38)50(40)46)43(31)33-22-19-29(3)35(27-33)34-26-32(21-18-28(34)2)42-30(4)20-24-37-44(42)51-41-17-13-10-14-36(41)47(5,6)48(37,7)8/h2*10-27H,9H2,1-8H3/i2*2D3,3D3,4D3,9D2. The van der Waals surface area contributed by atoms with Gasteiger partial charge in [0.05, 0.1) is 37.8 Å². The first-order valence-electron chi connectivity index (χ1n) is 45.8. The van der Waals surface area contributed by atoms with Gasteiger partial charge in [0, 0.05) is 60.9 Å². The van der Waals surface area contributed by atoms with Crippen LogP contribution >= 0.6 is 34.9 Å². The Morgan fingerprint density at radius 2 is 0.769 bits per heavy atom. The number of benzene rings is 12. The molecule has 2 aliphatic heterocycles. The van der Waals surface area contributed by atoms with E-state index in [9.17, 15) is 0 Å². The lowest BCUT2D eigenvalue weighted by atomic mass is 9.61. The van der Waals surface area contributed by atoms with Crippen LogP contribution in [0.1, 0.15) is 166 Å². The van der Waals surface area contributed by atoms with Crippen LogP contribution in [-0.2, 0) is 34.4 Å². The van der Waals surface area contributed by atoms with Gasteiger partial charge in [-0.2, -0.15) is 4.98 Å². The fourth-order valence-electron chi connectivity index (χ4n) is 15.8. The number of aromatic nitrogens is 4. The quantitative estimate of drug-likeness (QED) is 0.152. The molecule has 0 radical (unpaired) electrons. The topological polar surface area (TPSA) is 47.7 Å². The molecule has 16 aromatic rings. The second-order valence-corrected chi connectivity index (χ2v) is 32.4. The van der Waals surface area contributed by atoms with Gasteiger partial charge in [-0.15, -0.1) is 0 Å². The smallest absolute Gasteiger partial charge is 0.307 e. The van der Waals surface area contributed by atoms with Crippen molar-refractivity contribution in [3.63, 3.8) is 0 Å². The van der Waals surface area contributed by atoms with Gasteiger partial charge in [-0.25, -0.2) is 4.98 Å². The molecule has 6 heterocycles. The fraction of sp³-hybridized carbons (Fsp3) is 0.229. The molecule has 104 heavy (non-hydrogen) atoms. The van der Waals surface area contributed by atoms with Crippen LogP contribution < -0.4 is 0 Å². The number of imidazole rings is 2. The summed E-state index contributed by atoms with van der Waals surface area (Å²) in [7, 11) is 0. The van der Waals surface area contributed by atoms with Gasteiger partial charge in [-0.1, -0.05) is 250 Å². The summed E-state index contributed by atoms with van der Waals surface area (Å²) in [5, 5.41) is 0. The molecule has 0 saturated carbocycles. The Labute approximate surface area is 655 Å². The molecule has 18 rings (SSSR count). The van der Waals surface area contributed by atoms with Crippen LogP contribution in [0, 0.1) is 41.1 Å². The molecule has 0 saturated heterocycles. The van der Waals surface area contributed by atoms with E-state index in [1.165, 1.54) is 73.0 Å². The van der Waals surface area contributed by atoms with Crippen LogP contribution in [-0.4, -0.2) is 18.8 Å². The zero-order valence-electron chi connectivity index (χ0n) is 81.2. The Bertz CT molecular complexity index is 6750. The van der Waals surface area contributed by atoms with Gasteiger partial charge in [0.15, 0.2) is 10.5 Å². The number of fused-ring (bicyclic) bond motifs is 14. The minimum atomic E-state index is -2.73. The van der Waals surface area contributed by atoms with E-state index in [1.807, 2.05) is 112 Å². The molecule has 0 amide bonds. The van der Waals surface area contributed by atoms with Crippen molar-refractivity contribution in [3.05, 3.63) is 285 Å². The summed E-state index contributed by atoms with van der Waals surface area (Å²) < 4.78 is 204. The van der Waals surface area contributed by atoms with Crippen LogP contribution in [0.15, 0.2) is 242 Å². The second-order valence-electron chi connectivity index (χ2n) is 29.3. The van der Waals surface area contributed by atoms with E-state index in [-0.39, 0.29) is 72.5 Å². The van der Waals surface area contributed by atoms with E-state index in [2.05, 4.69) is 72.5 Å². The summed E-state index contributed by atoms with van der Waals surface area (Å²) in [5.74, 6) is 0.289. The molecule has 0 N–H and O–H groups in total. The third-order valence-corrected chi connectivity index (χ3v) is 26.4. The summed E-state index contributed by atoms with van der Waals surface area (Å²) in [6.45, 7) is 4.27. The molecular formula is C96H88N4OS3. The Morgan fingerprint density at radius 3 is 1.25 bits per heavy atom. The van der Waals surface area contributed by atoms with Crippen molar-refractivity contribution in [1.82, 2.24) is 18.8 Å². The molecule has 5 nitrogen and oxygen atoms in total. The number of rotatable bonds is 8. The monoisotopic (exact) mass is 1430 g/mol. The Kier molecular flexibility index (Phi) is 11.3. The summed E-state index contributed by atoms with van der Waals surface area (Å²) in [4.78, 5) is 13.7. The van der Waals surface area contributed by atoms with Crippen molar-refractivity contribution in [2.24, 2.45) is 0 Å². The lowest BCUT2D eigenvalue weighted by Gasteiger charge is -2.42. The molecular weight excluding hydrogens is 1320 g/mol. The molecule has 0 bridgehead atoms. The first-order chi connectivity index (χ1) is 58.6.